The maximum atomic E-state index is 10.8. The van der Waals surface area contributed by atoms with Crippen LogP contribution in [0.5, 0.6) is 11.8 Å². The summed E-state index contributed by atoms with van der Waals surface area (Å²) in [6.07, 6.45) is 3.13. The van der Waals surface area contributed by atoms with E-state index in [1.165, 1.54) is 6.07 Å². The fourth-order valence-corrected chi connectivity index (χ4v) is 1.74. The number of halogens is 1. The molecule has 1 aromatic heterocycles. The Morgan fingerprint density at radius 3 is 2.42 bits per heavy atom. The third-order valence-electron chi connectivity index (χ3n) is 2.49. The lowest BCUT2D eigenvalue weighted by Crippen LogP contribution is -1.97. The van der Waals surface area contributed by atoms with Crippen LogP contribution in [0.25, 0.3) is 0 Å². The third kappa shape index (κ3) is 3.05. The monoisotopic (exact) mass is 323 g/mol. The Kier molecular flexibility index (Phi) is 3.75. The Morgan fingerprint density at radius 2 is 1.84 bits per heavy atom. The average Bonchev–Trinajstić information content (AvgIpc) is 2.35. The van der Waals surface area contributed by atoms with Gasteiger partial charge < -0.3 is 4.74 Å². The van der Waals surface area contributed by atoms with Gasteiger partial charge in [-0.05, 0) is 41.4 Å². The SMILES string of the molecule is Cc1cc([N+](=O)[O-])c(C)cc1Oc1ncc(Br)cn1. The Bertz CT molecular complexity index is 629. The summed E-state index contributed by atoms with van der Waals surface area (Å²) in [6, 6.07) is 3.28. The van der Waals surface area contributed by atoms with Crippen molar-refractivity contribution in [2.24, 2.45) is 0 Å². The predicted molar refractivity (Wildman–Crippen MR) is 72.4 cm³/mol. The Morgan fingerprint density at radius 1 is 1.21 bits per heavy atom. The summed E-state index contributed by atoms with van der Waals surface area (Å²) < 4.78 is 6.26. The summed E-state index contributed by atoms with van der Waals surface area (Å²) in [6.45, 7) is 3.40. The second kappa shape index (κ2) is 5.31. The van der Waals surface area contributed by atoms with Crippen LogP contribution in [0, 0.1) is 24.0 Å². The van der Waals surface area contributed by atoms with Crippen molar-refractivity contribution in [3.8, 4) is 11.8 Å². The molecule has 1 heterocycles. The van der Waals surface area contributed by atoms with E-state index in [1.807, 2.05) is 0 Å². The molecule has 0 atom stereocenters. The fourth-order valence-electron chi connectivity index (χ4n) is 1.53. The first-order chi connectivity index (χ1) is 8.97. The van der Waals surface area contributed by atoms with Crippen molar-refractivity contribution in [3.63, 3.8) is 0 Å². The molecule has 0 radical (unpaired) electrons. The van der Waals surface area contributed by atoms with Gasteiger partial charge in [0.15, 0.2) is 0 Å². The summed E-state index contributed by atoms with van der Waals surface area (Å²) in [5, 5.41) is 10.8. The molecule has 0 bridgehead atoms. The zero-order chi connectivity index (χ0) is 14.0. The normalized spacial score (nSPS) is 10.3. The number of aryl methyl sites for hydroxylation is 2. The van der Waals surface area contributed by atoms with E-state index in [1.54, 1.807) is 32.3 Å². The molecule has 0 N–H and O–H groups in total. The first-order valence-electron chi connectivity index (χ1n) is 5.38. The number of nitro groups is 1. The number of benzene rings is 1. The topological polar surface area (TPSA) is 78.2 Å². The number of nitrogens with zero attached hydrogens (tertiary/aromatic N) is 3. The van der Waals surface area contributed by atoms with Gasteiger partial charge >= 0.3 is 6.01 Å². The van der Waals surface area contributed by atoms with Gasteiger partial charge in [0.2, 0.25) is 0 Å². The van der Waals surface area contributed by atoms with Crippen LogP contribution in [0.2, 0.25) is 0 Å². The van der Waals surface area contributed by atoms with Gasteiger partial charge in [-0.15, -0.1) is 0 Å². The molecule has 0 saturated carbocycles. The number of rotatable bonds is 3. The molecule has 0 saturated heterocycles. The zero-order valence-corrected chi connectivity index (χ0v) is 11.8. The van der Waals surface area contributed by atoms with Gasteiger partial charge in [0.25, 0.3) is 5.69 Å². The summed E-state index contributed by atoms with van der Waals surface area (Å²) >= 11 is 3.23. The molecule has 0 unspecified atom stereocenters. The van der Waals surface area contributed by atoms with Gasteiger partial charge in [0.1, 0.15) is 5.75 Å². The van der Waals surface area contributed by atoms with Crippen LogP contribution in [0.3, 0.4) is 0 Å². The largest absolute Gasteiger partial charge is 0.424 e. The van der Waals surface area contributed by atoms with Gasteiger partial charge in [0, 0.05) is 24.0 Å². The van der Waals surface area contributed by atoms with Gasteiger partial charge in [-0.2, -0.15) is 0 Å². The summed E-state index contributed by atoms with van der Waals surface area (Å²) in [4.78, 5) is 18.4. The number of aromatic nitrogens is 2. The molecule has 0 aliphatic rings. The molecule has 98 valence electrons. The lowest BCUT2D eigenvalue weighted by atomic mass is 10.1. The molecule has 2 rings (SSSR count). The molecule has 0 spiro atoms. The van der Waals surface area contributed by atoms with E-state index in [0.29, 0.717) is 16.9 Å². The molecular formula is C12H10BrN3O3. The van der Waals surface area contributed by atoms with Gasteiger partial charge in [-0.3, -0.25) is 10.1 Å². The number of hydrogen-bond acceptors (Lipinski definition) is 5. The standard InChI is InChI=1S/C12H10BrN3O3/c1-7-4-11(8(2)3-10(7)16(17)18)19-12-14-5-9(13)6-15-12/h3-6H,1-2H3. The highest BCUT2D eigenvalue weighted by molar-refractivity contribution is 9.10. The van der Waals surface area contributed by atoms with Gasteiger partial charge in [-0.1, -0.05) is 0 Å². The van der Waals surface area contributed by atoms with Crippen molar-refractivity contribution in [2.75, 3.05) is 0 Å². The van der Waals surface area contributed by atoms with E-state index in [4.69, 9.17) is 4.74 Å². The Hall–Kier alpha value is -2.02. The molecule has 6 nitrogen and oxygen atoms in total. The number of nitro benzene ring substituents is 1. The molecule has 19 heavy (non-hydrogen) atoms. The van der Waals surface area contributed by atoms with Crippen molar-refractivity contribution in [3.05, 3.63) is 50.2 Å². The van der Waals surface area contributed by atoms with Gasteiger partial charge in [-0.25, -0.2) is 9.97 Å². The lowest BCUT2D eigenvalue weighted by Gasteiger charge is -2.08. The van der Waals surface area contributed by atoms with Crippen LogP contribution in [0.1, 0.15) is 11.1 Å². The van der Waals surface area contributed by atoms with E-state index in [0.717, 1.165) is 4.47 Å². The van der Waals surface area contributed by atoms with Crippen molar-refractivity contribution < 1.29 is 9.66 Å². The smallest absolute Gasteiger partial charge is 0.321 e. The van der Waals surface area contributed by atoms with Crippen LogP contribution in [0.4, 0.5) is 5.69 Å². The zero-order valence-electron chi connectivity index (χ0n) is 10.3. The highest BCUT2D eigenvalue weighted by atomic mass is 79.9. The van der Waals surface area contributed by atoms with Crippen molar-refractivity contribution in [1.82, 2.24) is 9.97 Å². The first-order valence-corrected chi connectivity index (χ1v) is 6.17. The average molecular weight is 324 g/mol. The minimum Gasteiger partial charge on any atom is -0.424 e. The second-order valence-electron chi connectivity index (χ2n) is 3.95. The van der Waals surface area contributed by atoms with Crippen molar-refractivity contribution >= 4 is 21.6 Å². The van der Waals surface area contributed by atoms with E-state index in [2.05, 4.69) is 25.9 Å². The molecule has 7 heteroatoms. The number of hydrogen-bond donors (Lipinski definition) is 0. The maximum absolute atomic E-state index is 10.8. The van der Waals surface area contributed by atoms with E-state index in [-0.39, 0.29) is 11.7 Å². The predicted octanol–water partition coefficient (Wildman–Crippen LogP) is 3.56. The fraction of sp³-hybridized carbons (Fsp3) is 0.167. The second-order valence-corrected chi connectivity index (χ2v) is 4.86. The molecular weight excluding hydrogens is 314 g/mol. The van der Waals surface area contributed by atoms with Crippen LogP contribution < -0.4 is 4.74 Å². The summed E-state index contributed by atoms with van der Waals surface area (Å²) in [7, 11) is 0. The first kappa shape index (κ1) is 13.4. The van der Waals surface area contributed by atoms with E-state index in [9.17, 15) is 10.1 Å². The Balaban J connectivity index is 2.33. The molecule has 0 amide bonds. The third-order valence-corrected chi connectivity index (χ3v) is 2.90. The maximum Gasteiger partial charge on any atom is 0.321 e. The highest BCUT2D eigenvalue weighted by Gasteiger charge is 2.15. The minimum absolute atomic E-state index is 0.0709. The molecule has 0 aliphatic heterocycles. The highest BCUT2D eigenvalue weighted by Crippen LogP contribution is 2.29. The van der Waals surface area contributed by atoms with Crippen LogP contribution in [0.15, 0.2) is 29.0 Å². The summed E-state index contributed by atoms with van der Waals surface area (Å²) in [5.74, 6) is 0.505. The molecule has 0 aliphatic carbocycles. The summed E-state index contributed by atoms with van der Waals surface area (Å²) in [5.41, 5.74) is 1.26. The Labute approximate surface area is 117 Å². The molecule has 1 aromatic carbocycles. The minimum atomic E-state index is -0.414. The van der Waals surface area contributed by atoms with Crippen LogP contribution in [-0.4, -0.2) is 14.9 Å². The van der Waals surface area contributed by atoms with Gasteiger partial charge in [0.05, 0.1) is 9.40 Å². The number of ether oxygens (including phenoxy) is 1. The quantitative estimate of drug-likeness (QED) is 0.637. The van der Waals surface area contributed by atoms with E-state index < -0.39 is 4.92 Å². The van der Waals surface area contributed by atoms with Crippen LogP contribution >= 0.6 is 15.9 Å². The van der Waals surface area contributed by atoms with E-state index >= 15 is 0 Å². The van der Waals surface area contributed by atoms with Crippen LogP contribution in [-0.2, 0) is 0 Å². The lowest BCUT2D eigenvalue weighted by molar-refractivity contribution is -0.385. The molecule has 2 aromatic rings. The molecule has 0 fully saturated rings. The van der Waals surface area contributed by atoms with Crippen molar-refractivity contribution in [1.29, 1.82) is 0 Å². The van der Waals surface area contributed by atoms with Crippen molar-refractivity contribution in [2.45, 2.75) is 13.8 Å².